The van der Waals surface area contributed by atoms with Crippen LogP contribution in [-0.4, -0.2) is 22.0 Å². The van der Waals surface area contributed by atoms with Crippen LogP contribution in [0.3, 0.4) is 0 Å². The van der Waals surface area contributed by atoms with Crippen LogP contribution >= 0.6 is 23.5 Å². The first-order chi connectivity index (χ1) is 7.38. The first kappa shape index (κ1) is 10.8. The largest absolute Gasteiger partial charge is 0.157 e. The molecule has 3 aliphatic rings. The summed E-state index contributed by atoms with van der Waals surface area (Å²) in [7, 11) is 0. The van der Waals surface area contributed by atoms with Gasteiger partial charge in [0.15, 0.2) is 0 Å². The van der Waals surface area contributed by atoms with Gasteiger partial charge in [-0.1, -0.05) is 25.7 Å². The Labute approximate surface area is 102 Å². The highest BCUT2D eigenvalue weighted by atomic mass is 32.2. The summed E-state index contributed by atoms with van der Waals surface area (Å²) in [6.07, 6.45) is 12.1. The minimum absolute atomic E-state index is 0.762. The lowest BCUT2D eigenvalue weighted by atomic mass is 9.77. The van der Waals surface area contributed by atoms with Crippen LogP contribution in [-0.2, 0) is 0 Å². The summed E-state index contributed by atoms with van der Waals surface area (Å²) in [4.78, 5) is 0. The zero-order chi connectivity index (χ0) is 10.1. The molecule has 2 atom stereocenters. The highest BCUT2D eigenvalue weighted by Crippen LogP contribution is 2.50. The van der Waals surface area contributed by atoms with Crippen LogP contribution in [0.4, 0.5) is 0 Å². The van der Waals surface area contributed by atoms with Gasteiger partial charge >= 0.3 is 0 Å². The molecule has 1 spiro atoms. The van der Waals surface area contributed by atoms with Crippen molar-refractivity contribution >= 4 is 23.5 Å². The van der Waals surface area contributed by atoms with Gasteiger partial charge in [-0.05, 0) is 31.1 Å². The molecular formula is C13H22S2. The number of fused-ring (bicyclic) bond motifs is 1. The van der Waals surface area contributed by atoms with E-state index in [2.05, 4.69) is 23.5 Å². The van der Waals surface area contributed by atoms with Crippen molar-refractivity contribution in [3.05, 3.63) is 0 Å². The van der Waals surface area contributed by atoms with Crippen molar-refractivity contribution in [2.24, 2.45) is 5.41 Å². The summed E-state index contributed by atoms with van der Waals surface area (Å²) in [6, 6.07) is 0. The molecule has 0 bridgehead atoms. The molecule has 3 fully saturated rings. The molecule has 0 aromatic heterocycles. The van der Waals surface area contributed by atoms with Gasteiger partial charge in [0, 0.05) is 22.0 Å². The molecule has 1 aliphatic heterocycles. The maximum atomic E-state index is 2.34. The van der Waals surface area contributed by atoms with Crippen LogP contribution in [0.2, 0.25) is 0 Å². The third-order valence-corrected chi connectivity index (χ3v) is 8.23. The second kappa shape index (κ2) is 4.52. The summed E-state index contributed by atoms with van der Waals surface area (Å²) < 4.78 is 0. The Balaban J connectivity index is 1.67. The highest BCUT2D eigenvalue weighted by Gasteiger charge is 2.39. The summed E-state index contributed by atoms with van der Waals surface area (Å²) >= 11 is 4.68. The van der Waals surface area contributed by atoms with Crippen LogP contribution in [0.25, 0.3) is 0 Å². The molecule has 3 rings (SSSR count). The van der Waals surface area contributed by atoms with Crippen molar-refractivity contribution < 1.29 is 0 Å². The van der Waals surface area contributed by atoms with E-state index in [4.69, 9.17) is 0 Å². The van der Waals surface area contributed by atoms with Crippen molar-refractivity contribution in [3.63, 3.8) is 0 Å². The quantitative estimate of drug-likeness (QED) is 0.620. The molecule has 0 amide bonds. The molecule has 2 heteroatoms. The van der Waals surface area contributed by atoms with Gasteiger partial charge in [-0.3, -0.25) is 0 Å². The fourth-order valence-corrected chi connectivity index (χ4v) is 7.36. The minimum atomic E-state index is 0.762. The molecule has 1 heterocycles. The van der Waals surface area contributed by atoms with Crippen LogP contribution < -0.4 is 0 Å². The number of thioether (sulfide) groups is 2. The average Bonchev–Trinajstić information content (AvgIpc) is 2.67. The number of hydrogen-bond acceptors (Lipinski definition) is 2. The van der Waals surface area contributed by atoms with Gasteiger partial charge in [0.25, 0.3) is 0 Å². The van der Waals surface area contributed by atoms with Crippen LogP contribution in [0.5, 0.6) is 0 Å². The molecule has 0 aromatic carbocycles. The maximum Gasteiger partial charge on any atom is 0.0166 e. The van der Waals surface area contributed by atoms with E-state index in [9.17, 15) is 0 Å². The Morgan fingerprint density at radius 2 is 1.33 bits per heavy atom. The van der Waals surface area contributed by atoms with Gasteiger partial charge in [-0.2, -0.15) is 23.5 Å². The molecule has 0 aromatic rings. The average molecular weight is 242 g/mol. The lowest BCUT2D eigenvalue weighted by Crippen LogP contribution is -2.29. The van der Waals surface area contributed by atoms with Crippen molar-refractivity contribution in [3.8, 4) is 0 Å². The second-order valence-corrected chi connectivity index (χ2v) is 8.15. The zero-order valence-corrected chi connectivity index (χ0v) is 11.2. The van der Waals surface area contributed by atoms with E-state index in [0.717, 1.165) is 15.9 Å². The van der Waals surface area contributed by atoms with Crippen LogP contribution in [0.15, 0.2) is 0 Å². The molecule has 0 N–H and O–H groups in total. The molecule has 15 heavy (non-hydrogen) atoms. The van der Waals surface area contributed by atoms with E-state index in [1.807, 2.05) is 0 Å². The molecule has 86 valence electrons. The Hall–Kier alpha value is 0.700. The lowest BCUT2D eigenvalue weighted by Gasteiger charge is -2.36. The molecule has 0 nitrogen and oxygen atoms in total. The molecule has 0 radical (unpaired) electrons. The van der Waals surface area contributed by atoms with E-state index >= 15 is 0 Å². The van der Waals surface area contributed by atoms with E-state index in [1.54, 1.807) is 0 Å². The fraction of sp³-hybridized carbons (Fsp3) is 1.00. The van der Waals surface area contributed by atoms with Crippen molar-refractivity contribution in [2.75, 3.05) is 11.5 Å². The Bertz CT molecular complexity index is 205. The summed E-state index contributed by atoms with van der Waals surface area (Å²) in [5.41, 5.74) is 0.762. The standard InChI is InChI=1S/C13H22S2/c1-2-7-13(8-3-1)9-14-11-5-4-6-12(11)15-10-13/h11-12H,1-10H2/t11-,12-/m0/s1. The first-order valence-electron chi connectivity index (χ1n) is 6.61. The van der Waals surface area contributed by atoms with Crippen LogP contribution in [0.1, 0.15) is 51.4 Å². The van der Waals surface area contributed by atoms with Gasteiger partial charge in [0.1, 0.15) is 0 Å². The predicted molar refractivity (Wildman–Crippen MR) is 71.9 cm³/mol. The Kier molecular flexibility index (Phi) is 3.26. The van der Waals surface area contributed by atoms with Crippen molar-refractivity contribution in [1.82, 2.24) is 0 Å². The predicted octanol–water partition coefficient (Wildman–Crippen LogP) is 4.34. The topological polar surface area (TPSA) is 0 Å². The lowest BCUT2D eigenvalue weighted by molar-refractivity contribution is 0.258. The van der Waals surface area contributed by atoms with E-state index in [-0.39, 0.29) is 0 Å². The van der Waals surface area contributed by atoms with Crippen molar-refractivity contribution in [1.29, 1.82) is 0 Å². The van der Waals surface area contributed by atoms with Crippen LogP contribution in [0, 0.1) is 5.41 Å². The minimum Gasteiger partial charge on any atom is -0.157 e. The SMILES string of the molecule is C1CCC2(CC1)CS[C@H]1CCC[C@@H]1SC2. The van der Waals surface area contributed by atoms with E-state index < -0.39 is 0 Å². The summed E-state index contributed by atoms with van der Waals surface area (Å²) in [5, 5.41) is 2.05. The number of rotatable bonds is 0. The summed E-state index contributed by atoms with van der Waals surface area (Å²) in [6.45, 7) is 0. The summed E-state index contributed by atoms with van der Waals surface area (Å²) in [5.74, 6) is 2.97. The monoisotopic (exact) mass is 242 g/mol. The van der Waals surface area contributed by atoms with Gasteiger partial charge in [-0.15, -0.1) is 0 Å². The van der Waals surface area contributed by atoms with E-state index in [1.165, 1.54) is 62.9 Å². The smallest absolute Gasteiger partial charge is 0.0166 e. The molecular weight excluding hydrogens is 220 g/mol. The molecule has 1 saturated heterocycles. The van der Waals surface area contributed by atoms with Gasteiger partial charge in [0.2, 0.25) is 0 Å². The third-order valence-electron chi connectivity index (χ3n) is 4.51. The molecule has 2 aliphatic carbocycles. The normalized spacial score (nSPS) is 40.0. The van der Waals surface area contributed by atoms with Crippen molar-refractivity contribution in [2.45, 2.75) is 61.9 Å². The van der Waals surface area contributed by atoms with Gasteiger partial charge in [0.05, 0.1) is 0 Å². The van der Waals surface area contributed by atoms with E-state index in [0.29, 0.717) is 0 Å². The first-order valence-corrected chi connectivity index (χ1v) is 8.71. The molecule has 0 unspecified atom stereocenters. The van der Waals surface area contributed by atoms with Gasteiger partial charge < -0.3 is 0 Å². The maximum absolute atomic E-state index is 2.34. The fourth-order valence-electron chi connectivity index (χ4n) is 3.47. The third kappa shape index (κ3) is 2.22. The molecule has 2 saturated carbocycles. The highest BCUT2D eigenvalue weighted by molar-refractivity contribution is 8.04. The second-order valence-electron chi connectivity index (χ2n) is 5.69. The Morgan fingerprint density at radius 3 is 1.93 bits per heavy atom. The zero-order valence-electron chi connectivity index (χ0n) is 9.54. The van der Waals surface area contributed by atoms with Gasteiger partial charge in [-0.25, -0.2) is 0 Å². The number of hydrogen-bond donors (Lipinski definition) is 0. The Morgan fingerprint density at radius 1 is 0.733 bits per heavy atom.